The van der Waals surface area contributed by atoms with Gasteiger partial charge < -0.3 is 19.6 Å². The lowest BCUT2D eigenvalue weighted by atomic mass is 9.93. The summed E-state index contributed by atoms with van der Waals surface area (Å²) < 4.78 is 7.49. The molecule has 1 aliphatic rings. The number of aromatic nitrogens is 4. The molecule has 0 fully saturated rings. The highest BCUT2D eigenvalue weighted by Gasteiger charge is 2.28. The number of benzene rings is 1. The molecule has 3 aromatic rings. The van der Waals surface area contributed by atoms with Crippen molar-refractivity contribution in [1.29, 1.82) is 0 Å². The molecular weight excluding hydrogens is 330 g/mol. The number of rotatable bonds is 4. The number of imidazole rings is 2. The van der Waals surface area contributed by atoms with Gasteiger partial charge in [0, 0.05) is 24.7 Å². The van der Waals surface area contributed by atoms with Gasteiger partial charge in [0.1, 0.15) is 17.1 Å². The van der Waals surface area contributed by atoms with E-state index < -0.39 is 0 Å². The van der Waals surface area contributed by atoms with Crippen molar-refractivity contribution in [3.05, 3.63) is 53.7 Å². The maximum atomic E-state index is 12.5. The third kappa shape index (κ3) is 2.75. The summed E-state index contributed by atoms with van der Waals surface area (Å²) in [5, 5.41) is 2.99. The predicted octanol–water partition coefficient (Wildman–Crippen LogP) is 2.37. The number of amides is 1. The number of nitrogens with one attached hydrogen (secondary N) is 2. The summed E-state index contributed by atoms with van der Waals surface area (Å²) >= 11 is 0. The number of ether oxygens (including phenoxy) is 1. The molecule has 2 N–H and O–H groups in total. The average molecular weight is 351 g/mol. The van der Waals surface area contributed by atoms with Gasteiger partial charge in [0.2, 0.25) is 0 Å². The zero-order chi connectivity index (χ0) is 18.1. The number of hydrogen-bond donors (Lipinski definition) is 2. The number of hydrogen-bond acceptors (Lipinski definition) is 4. The largest absolute Gasteiger partial charge is 0.496 e. The van der Waals surface area contributed by atoms with Gasteiger partial charge in [-0.3, -0.25) is 4.79 Å². The van der Waals surface area contributed by atoms with Gasteiger partial charge in [-0.1, -0.05) is 18.2 Å². The van der Waals surface area contributed by atoms with Crippen molar-refractivity contribution in [2.45, 2.75) is 25.8 Å². The third-order valence-corrected chi connectivity index (χ3v) is 4.83. The molecule has 0 unspecified atom stereocenters. The van der Waals surface area contributed by atoms with E-state index in [1.54, 1.807) is 19.6 Å². The second kappa shape index (κ2) is 6.67. The Kier molecular flexibility index (Phi) is 4.20. The molecule has 0 spiro atoms. The lowest BCUT2D eigenvalue weighted by Crippen LogP contribution is -2.26. The van der Waals surface area contributed by atoms with E-state index in [2.05, 4.69) is 20.3 Å². The van der Waals surface area contributed by atoms with E-state index in [0.29, 0.717) is 24.5 Å². The zero-order valence-corrected chi connectivity index (χ0v) is 14.8. The number of nitrogens with zero attached hydrogens (tertiary/aromatic N) is 3. The predicted molar refractivity (Wildman–Crippen MR) is 97.3 cm³/mol. The van der Waals surface area contributed by atoms with E-state index in [0.717, 1.165) is 29.2 Å². The van der Waals surface area contributed by atoms with Gasteiger partial charge in [-0.15, -0.1) is 0 Å². The van der Waals surface area contributed by atoms with Gasteiger partial charge >= 0.3 is 0 Å². The highest BCUT2D eigenvalue weighted by molar-refractivity contribution is 5.94. The van der Waals surface area contributed by atoms with Crippen LogP contribution in [0.15, 0.2) is 36.8 Å². The Morgan fingerprint density at radius 1 is 1.35 bits per heavy atom. The summed E-state index contributed by atoms with van der Waals surface area (Å²) in [6.07, 6.45) is 4.21. The highest BCUT2D eigenvalue weighted by Crippen LogP contribution is 2.31. The first-order valence-electron chi connectivity index (χ1n) is 8.71. The Morgan fingerprint density at radius 3 is 3.00 bits per heavy atom. The molecule has 1 atom stereocenters. The lowest BCUT2D eigenvalue weighted by molar-refractivity contribution is 0.0950. The molecular formula is C19H21N5O2. The fraction of sp³-hybridized carbons (Fsp3) is 0.316. The highest BCUT2D eigenvalue weighted by atomic mass is 16.5. The van der Waals surface area contributed by atoms with E-state index in [-0.39, 0.29) is 11.8 Å². The maximum Gasteiger partial charge on any atom is 0.271 e. The number of H-pyrrole nitrogens is 1. The van der Waals surface area contributed by atoms with Crippen LogP contribution in [0.5, 0.6) is 5.75 Å². The van der Waals surface area contributed by atoms with Gasteiger partial charge in [-0.2, -0.15) is 0 Å². The van der Waals surface area contributed by atoms with Crippen LogP contribution in [0, 0.1) is 0 Å². The summed E-state index contributed by atoms with van der Waals surface area (Å²) in [4.78, 5) is 24.6. The van der Waals surface area contributed by atoms with Crippen LogP contribution in [0.1, 0.15) is 34.6 Å². The van der Waals surface area contributed by atoms with Gasteiger partial charge in [-0.25, -0.2) is 9.97 Å². The first kappa shape index (κ1) is 16.4. The van der Waals surface area contributed by atoms with Crippen LogP contribution in [-0.2, 0) is 13.0 Å². The third-order valence-electron chi connectivity index (χ3n) is 4.83. The van der Waals surface area contributed by atoms with Gasteiger partial charge in [0.15, 0.2) is 5.82 Å². The second-order valence-corrected chi connectivity index (χ2v) is 6.33. The average Bonchev–Trinajstić information content (AvgIpc) is 3.28. The first-order valence-corrected chi connectivity index (χ1v) is 8.71. The molecule has 26 heavy (non-hydrogen) atoms. The number of carbonyl (C=O) groups excluding carboxylic acids is 1. The van der Waals surface area contributed by atoms with Crippen molar-refractivity contribution < 1.29 is 9.53 Å². The molecule has 4 rings (SSSR count). The topological polar surface area (TPSA) is 84.8 Å². The Balaban J connectivity index is 1.72. The summed E-state index contributed by atoms with van der Waals surface area (Å²) in [5.41, 5.74) is 3.26. The number of para-hydroxylation sites is 1. The fourth-order valence-electron chi connectivity index (χ4n) is 3.48. The van der Waals surface area contributed by atoms with E-state index in [1.165, 1.54) is 0 Å². The summed E-state index contributed by atoms with van der Waals surface area (Å²) in [7, 11) is 1.67. The van der Waals surface area contributed by atoms with Crippen LogP contribution in [0.4, 0.5) is 0 Å². The number of carbonyl (C=O) groups is 1. The molecule has 7 heteroatoms. The molecule has 0 saturated carbocycles. The lowest BCUT2D eigenvalue weighted by Gasteiger charge is -2.17. The van der Waals surface area contributed by atoms with Crippen LogP contribution in [0.2, 0.25) is 0 Å². The minimum absolute atomic E-state index is 0.112. The van der Waals surface area contributed by atoms with Crippen LogP contribution >= 0.6 is 0 Å². The molecule has 0 bridgehead atoms. The normalized spacial score (nSPS) is 16.7. The van der Waals surface area contributed by atoms with E-state index in [9.17, 15) is 4.79 Å². The van der Waals surface area contributed by atoms with E-state index >= 15 is 0 Å². The summed E-state index contributed by atoms with van der Waals surface area (Å²) in [6, 6.07) is 7.93. The molecule has 2 aromatic heterocycles. The Bertz CT molecular complexity index is 943. The molecule has 1 aliphatic heterocycles. The Hall–Kier alpha value is -3.09. The van der Waals surface area contributed by atoms with Gasteiger partial charge in [0.25, 0.3) is 5.91 Å². The molecule has 0 saturated heterocycles. The number of methoxy groups -OCH3 is 1. The van der Waals surface area contributed by atoms with Crippen molar-refractivity contribution in [1.82, 2.24) is 24.8 Å². The van der Waals surface area contributed by atoms with Gasteiger partial charge in [-0.05, 0) is 25.0 Å². The number of aromatic amines is 1. The summed E-state index contributed by atoms with van der Waals surface area (Å²) in [6.45, 7) is 3.38. The monoisotopic (exact) mass is 351 g/mol. The Labute approximate surface area is 151 Å². The minimum Gasteiger partial charge on any atom is -0.496 e. The molecule has 134 valence electrons. The molecule has 1 aromatic carbocycles. The molecule has 1 amide bonds. The van der Waals surface area contributed by atoms with Crippen molar-refractivity contribution in [3.63, 3.8) is 0 Å². The summed E-state index contributed by atoms with van der Waals surface area (Å²) in [5.74, 6) is 1.47. The van der Waals surface area contributed by atoms with E-state index in [4.69, 9.17) is 4.74 Å². The Morgan fingerprint density at radius 2 is 2.19 bits per heavy atom. The van der Waals surface area contributed by atoms with Crippen molar-refractivity contribution in [2.75, 3.05) is 13.7 Å². The fourth-order valence-corrected chi connectivity index (χ4v) is 3.48. The first-order chi connectivity index (χ1) is 12.7. The quantitative estimate of drug-likeness (QED) is 0.756. The number of fused-ring (bicyclic) bond motifs is 1. The molecule has 3 heterocycles. The minimum atomic E-state index is -0.150. The maximum absolute atomic E-state index is 12.5. The van der Waals surface area contributed by atoms with Crippen molar-refractivity contribution >= 4 is 5.91 Å². The van der Waals surface area contributed by atoms with Crippen molar-refractivity contribution in [2.24, 2.45) is 0 Å². The van der Waals surface area contributed by atoms with Crippen LogP contribution in [-0.4, -0.2) is 39.1 Å². The molecule has 7 nitrogen and oxygen atoms in total. The second-order valence-electron chi connectivity index (χ2n) is 6.33. The SMILES string of the molecule is CCn1cncc1-c1nc2c([nH]1)C[C@H](c1ccccc1OC)CNC2=O. The van der Waals surface area contributed by atoms with Crippen LogP contribution < -0.4 is 10.1 Å². The van der Waals surface area contributed by atoms with Crippen LogP contribution in [0.3, 0.4) is 0 Å². The smallest absolute Gasteiger partial charge is 0.271 e. The van der Waals surface area contributed by atoms with Crippen molar-refractivity contribution in [3.8, 4) is 17.3 Å². The van der Waals surface area contributed by atoms with E-state index in [1.807, 2.05) is 35.8 Å². The molecule has 0 radical (unpaired) electrons. The standard InChI is InChI=1S/C19H21N5O2/c1-3-24-11-20-10-15(24)18-22-14-8-12(9-21-19(25)17(14)23-18)13-6-4-5-7-16(13)26-2/h4-7,10-12H,3,8-9H2,1-2H3,(H,21,25)(H,22,23)/t12-/m0/s1. The molecule has 0 aliphatic carbocycles. The van der Waals surface area contributed by atoms with Crippen LogP contribution in [0.25, 0.3) is 11.5 Å². The number of aryl methyl sites for hydroxylation is 1. The van der Waals surface area contributed by atoms with Gasteiger partial charge in [0.05, 0.1) is 19.6 Å². The zero-order valence-electron chi connectivity index (χ0n) is 14.8.